The molecule has 0 radical (unpaired) electrons. The smallest absolute Gasteiger partial charge is 0.322 e. The number of nitrogens with one attached hydrogen (secondary N) is 3. The number of amides is 4. The third-order valence-electron chi connectivity index (χ3n) is 9.34. The van der Waals surface area contributed by atoms with Crippen molar-refractivity contribution in [1.82, 2.24) is 15.1 Å². The predicted octanol–water partition coefficient (Wildman–Crippen LogP) is 7.40. The van der Waals surface area contributed by atoms with Crippen LogP contribution in [0.2, 0.25) is 0 Å². The Hall–Kier alpha value is -4.04. The zero-order valence-electron chi connectivity index (χ0n) is 26.6. The highest BCUT2D eigenvalue weighted by molar-refractivity contribution is 5.90. The van der Waals surface area contributed by atoms with Gasteiger partial charge < -0.3 is 25.6 Å². The largest absolute Gasteiger partial charge is 0.497 e. The van der Waals surface area contributed by atoms with Gasteiger partial charge in [0.2, 0.25) is 0 Å². The number of hydrogen-bond acceptors (Lipinski definition) is 4. The van der Waals surface area contributed by atoms with Crippen molar-refractivity contribution in [3.05, 3.63) is 90.5 Å². The zero-order chi connectivity index (χ0) is 31.3. The van der Waals surface area contributed by atoms with Crippen LogP contribution < -0.4 is 20.7 Å². The second-order valence-corrected chi connectivity index (χ2v) is 12.5. The van der Waals surface area contributed by atoms with Crippen molar-refractivity contribution < 1.29 is 14.3 Å². The van der Waals surface area contributed by atoms with Gasteiger partial charge in [0.25, 0.3) is 0 Å². The Balaban J connectivity index is 1.32. The topological polar surface area (TPSA) is 85.9 Å². The number of para-hydroxylation sites is 2. The fraction of sp³-hybridized carbons (Fsp3) is 0.459. The van der Waals surface area contributed by atoms with Gasteiger partial charge in [0.1, 0.15) is 5.75 Å². The summed E-state index contributed by atoms with van der Waals surface area (Å²) in [6.45, 7) is 2.99. The van der Waals surface area contributed by atoms with Gasteiger partial charge in [0, 0.05) is 37.1 Å². The van der Waals surface area contributed by atoms with Crippen molar-refractivity contribution >= 4 is 23.4 Å². The lowest BCUT2D eigenvalue weighted by atomic mass is 9.84. The molecule has 1 aliphatic carbocycles. The molecule has 2 fully saturated rings. The highest BCUT2D eigenvalue weighted by atomic mass is 16.5. The maximum atomic E-state index is 14.1. The molecule has 0 aromatic heterocycles. The Morgan fingerprint density at radius 2 is 1.51 bits per heavy atom. The summed E-state index contributed by atoms with van der Waals surface area (Å²) in [5.41, 5.74) is 2.81. The van der Waals surface area contributed by atoms with Gasteiger partial charge in [-0.25, -0.2) is 9.59 Å². The van der Waals surface area contributed by atoms with Crippen molar-refractivity contribution in [1.29, 1.82) is 0 Å². The van der Waals surface area contributed by atoms with Crippen LogP contribution in [0.1, 0.15) is 56.9 Å². The Bertz CT molecular complexity index is 1310. The molecule has 240 valence electrons. The molecular formula is C37H49N5O3. The first kappa shape index (κ1) is 32.4. The molecule has 45 heavy (non-hydrogen) atoms. The lowest BCUT2D eigenvalue weighted by molar-refractivity contribution is 0.133. The fourth-order valence-corrected chi connectivity index (χ4v) is 6.84. The minimum atomic E-state index is -0.250. The first-order valence-corrected chi connectivity index (χ1v) is 16.7. The molecule has 1 saturated heterocycles. The minimum absolute atomic E-state index is 0.103. The van der Waals surface area contributed by atoms with Gasteiger partial charge in [-0.3, -0.25) is 4.90 Å². The second-order valence-electron chi connectivity index (χ2n) is 12.5. The zero-order valence-corrected chi connectivity index (χ0v) is 26.6. The van der Waals surface area contributed by atoms with E-state index in [-0.39, 0.29) is 24.1 Å². The molecule has 0 unspecified atom stereocenters. The summed E-state index contributed by atoms with van der Waals surface area (Å²) in [6.07, 6.45) is 10.1. The van der Waals surface area contributed by atoms with Crippen LogP contribution in [0, 0.1) is 5.92 Å². The Labute approximate surface area is 268 Å². The number of hydrogen-bond donors (Lipinski definition) is 3. The number of carbonyl (C=O) groups excluding carboxylic acids is 2. The van der Waals surface area contributed by atoms with Crippen LogP contribution in [0.15, 0.2) is 84.9 Å². The summed E-state index contributed by atoms with van der Waals surface area (Å²) in [6, 6.07) is 27.2. The molecule has 8 heteroatoms. The van der Waals surface area contributed by atoms with Crippen LogP contribution >= 0.6 is 0 Å². The maximum absolute atomic E-state index is 14.1. The van der Waals surface area contributed by atoms with Crippen LogP contribution in [0.5, 0.6) is 5.75 Å². The third-order valence-corrected chi connectivity index (χ3v) is 9.34. The van der Waals surface area contributed by atoms with E-state index in [1.807, 2.05) is 77.7 Å². The highest BCUT2D eigenvalue weighted by Gasteiger charge is 2.33. The molecule has 1 heterocycles. The van der Waals surface area contributed by atoms with Gasteiger partial charge in [0.05, 0.1) is 13.2 Å². The molecule has 0 bridgehead atoms. The van der Waals surface area contributed by atoms with Gasteiger partial charge in [-0.1, -0.05) is 80.6 Å². The number of carbonyl (C=O) groups is 2. The molecule has 0 spiro atoms. The van der Waals surface area contributed by atoms with Crippen molar-refractivity contribution in [2.24, 2.45) is 5.92 Å². The fourth-order valence-electron chi connectivity index (χ4n) is 6.84. The molecule has 1 aliphatic heterocycles. The number of likely N-dealkylation sites (tertiary alicyclic amines) is 1. The van der Waals surface area contributed by atoms with Crippen molar-refractivity contribution in [3.63, 3.8) is 0 Å². The molecule has 3 aromatic rings. The molecule has 3 aromatic carbocycles. The van der Waals surface area contributed by atoms with E-state index >= 15 is 0 Å². The van der Waals surface area contributed by atoms with Crippen LogP contribution in [-0.4, -0.2) is 67.2 Å². The predicted molar refractivity (Wildman–Crippen MR) is 182 cm³/mol. The van der Waals surface area contributed by atoms with Crippen LogP contribution in [0.3, 0.4) is 0 Å². The molecule has 2 aliphatic rings. The van der Waals surface area contributed by atoms with Gasteiger partial charge in [-0.2, -0.15) is 0 Å². The maximum Gasteiger partial charge on any atom is 0.322 e. The molecule has 1 saturated carbocycles. The number of nitrogens with zero attached hydrogens (tertiary/aromatic N) is 2. The Morgan fingerprint density at radius 3 is 2.18 bits per heavy atom. The number of benzene rings is 3. The number of ether oxygens (including phenoxy) is 1. The molecule has 4 amide bonds. The minimum Gasteiger partial charge on any atom is -0.497 e. The number of rotatable bonds is 13. The van der Waals surface area contributed by atoms with Crippen molar-refractivity contribution in [2.75, 3.05) is 43.9 Å². The van der Waals surface area contributed by atoms with Gasteiger partial charge >= 0.3 is 12.1 Å². The standard InChI is InChI=1S/C37H49N5O3/c1-45-35-21-19-29(20-22-35)23-25-41-24-11-18-33(41)28-42(37(44)40-32-16-9-4-10-17-32)34(26-30-12-5-2-6-13-30)27-38-36(43)39-31-14-7-3-8-15-31/h3-4,7-10,14-17,19-22,30,33-34H,2,5-6,11-13,18,23-28H2,1H3,(H,40,44)(H2,38,39,43)/t33-,34-/m1/s1. The van der Waals surface area contributed by atoms with E-state index in [9.17, 15) is 9.59 Å². The van der Waals surface area contributed by atoms with Crippen LogP contribution in [0.25, 0.3) is 0 Å². The first-order valence-electron chi connectivity index (χ1n) is 16.7. The van der Waals surface area contributed by atoms with Crippen molar-refractivity contribution in [2.45, 2.75) is 69.9 Å². The highest BCUT2D eigenvalue weighted by Crippen LogP contribution is 2.30. The molecule has 3 N–H and O–H groups in total. The van der Waals surface area contributed by atoms with E-state index < -0.39 is 0 Å². The number of urea groups is 2. The second kappa shape index (κ2) is 16.9. The van der Waals surface area contributed by atoms with Gasteiger partial charge in [-0.05, 0) is 80.1 Å². The van der Waals surface area contributed by atoms with E-state index in [1.54, 1.807) is 7.11 Å². The number of methoxy groups -OCH3 is 1. The average molecular weight is 612 g/mol. The lowest BCUT2D eigenvalue weighted by Gasteiger charge is -2.38. The summed E-state index contributed by atoms with van der Waals surface area (Å²) >= 11 is 0. The summed E-state index contributed by atoms with van der Waals surface area (Å²) in [4.78, 5) is 31.7. The lowest BCUT2D eigenvalue weighted by Crippen LogP contribution is -2.54. The van der Waals surface area contributed by atoms with Gasteiger partial charge in [0.15, 0.2) is 0 Å². The average Bonchev–Trinajstić information content (AvgIpc) is 3.53. The van der Waals surface area contributed by atoms with E-state index in [2.05, 4.69) is 33.0 Å². The summed E-state index contributed by atoms with van der Waals surface area (Å²) < 4.78 is 5.33. The van der Waals surface area contributed by atoms with Crippen molar-refractivity contribution in [3.8, 4) is 5.75 Å². The molecule has 5 rings (SSSR count). The molecule has 2 atom stereocenters. The molecular weight excluding hydrogens is 562 g/mol. The summed E-state index contributed by atoms with van der Waals surface area (Å²) in [5, 5.41) is 9.23. The first-order chi connectivity index (χ1) is 22.1. The third kappa shape index (κ3) is 9.98. The van der Waals surface area contributed by atoms with Gasteiger partial charge in [-0.15, -0.1) is 0 Å². The number of anilines is 2. The Morgan fingerprint density at radius 1 is 0.844 bits per heavy atom. The summed E-state index contributed by atoms with van der Waals surface area (Å²) in [7, 11) is 1.69. The normalized spacial score (nSPS) is 17.8. The van der Waals surface area contributed by atoms with Crippen LogP contribution in [0.4, 0.5) is 21.0 Å². The van der Waals surface area contributed by atoms with E-state index in [1.165, 1.54) is 37.7 Å². The van der Waals surface area contributed by atoms with E-state index in [0.29, 0.717) is 19.0 Å². The van der Waals surface area contributed by atoms with Crippen LogP contribution in [-0.2, 0) is 6.42 Å². The molecule has 8 nitrogen and oxygen atoms in total. The monoisotopic (exact) mass is 611 g/mol. The quantitative estimate of drug-likeness (QED) is 0.188. The van der Waals surface area contributed by atoms with E-state index in [4.69, 9.17) is 4.74 Å². The summed E-state index contributed by atoms with van der Waals surface area (Å²) in [5.74, 6) is 1.41. The van der Waals surface area contributed by atoms with E-state index in [0.717, 1.165) is 55.9 Å². The SMILES string of the molecule is COc1ccc(CCN2CCC[C@@H]2CN(C(=O)Nc2ccccc2)[C@@H](CNC(=O)Nc2ccccc2)CC2CCCCC2)cc1. The Kier molecular flexibility index (Phi) is 12.1.